The van der Waals surface area contributed by atoms with E-state index in [1.807, 2.05) is 39.8 Å². The zero-order valence-electron chi connectivity index (χ0n) is 16.6. The molecule has 0 saturated carbocycles. The highest BCUT2D eigenvalue weighted by molar-refractivity contribution is 5.77. The van der Waals surface area contributed by atoms with Crippen LogP contribution in [0.25, 0.3) is 11.0 Å². The number of amides is 1. The van der Waals surface area contributed by atoms with Gasteiger partial charge >= 0.3 is 5.95 Å². The van der Waals surface area contributed by atoms with E-state index in [1.165, 1.54) is 5.56 Å². The topological polar surface area (TPSA) is 75.5 Å². The summed E-state index contributed by atoms with van der Waals surface area (Å²) in [6.45, 7) is 4.92. The fourth-order valence-corrected chi connectivity index (χ4v) is 3.84. The summed E-state index contributed by atoms with van der Waals surface area (Å²) in [5.41, 5.74) is 3.25. The van der Waals surface area contributed by atoms with Crippen molar-refractivity contribution in [3.63, 3.8) is 0 Å². The molecular weight excluding hydrogens is 366 g/mol. The van der Waals surface area contributed by atoms with Gasteiger partial charge in [0.05, 0.1) is 13.2 Å². The highest BCUT2D eigenvalue weighted by Gasteiger charge is 2.25. The van der Waals surface area contributed by atoms with Crippen LogP contribution in [0.3, 0.4) is 0 Å². The van der Waals surface area contributed by atoms with Gasteiger partial charge in [0.15, 0.2) is 6.54 Å². The summed E-state index contributed by atoms with van der Waals surface area (Å²) >= 11 is 0. The summed E-state index contributed by atoms with van der Waals surface area (Å²) in [6.07, 6.45) is 0. The number of imidazole rings is 1. The van der Waals surface area contributed by atoms with Gasteiger partial charge in [-0.25, -0.2) is 9.55 Å². The molecule has 2 heterocycles. The molecule has 29 heavy (non-hydrogen) atoms. The zero-order valence-corrected chi connectivity index (χ0v) is 16.6. The number of aromatic nitrogens is 2. The minimum atomic E-state index is 0.0344. The van der Waals surface area contributed by atoms with E-state index < -0.39 is 0 Å². The summed E-state index contributed by atoms with van der Waals surface area (Å²) in [6, 6.07) is 18.4. The third-order valence-corrected chi connectivity index (χ3v) is 5.39. The number of hydrogen-bond acceptors (Lipinski definition) is 4. The monoisotopic (exact) mass is 394 g/mol. The van der Waals surface area contributed by atoms with E-state index in [2.05, 4.69) is 39.5 Å². The molecule has 7 nitrogen and oxygen atoms in total. The van der Waals surface area contributed by atoms with Crippen LogP contribution in [0.4, 0.5) is 5.95 Å². The van der Waals surface area contributed by atoms with E-state index in [0.717, 1.165) is 49.7 Å². The number of aliphatic hydroxyl groups excluding tert-OH is 1. The molecule has 1 aliphatic heterocycles. The molecule has 1 amide bonds. The molecule has 0 unspecified atom stereocenters. The Hall–Kier alpha value is -2.90. The third-order valence-electron chi connectivity index (χ3n) is 5.39. The van der Waals surface area contributed by atoms with Crippen molar-refractivity contribution < 1.29 is 14.5 Å². The van der Waals surface area contributed by atoms with Crippen LogP contribution in [0.5, 0.6) is 0 Å². The summed E-state index contributed by atoms with van der Waals surface area (Å²) in [5, 5.41) is 12.3. The molecule has 1 aliphatic rings. The molecular formula is C22H28N5O2+. The molecule has 152 valence electrons. The molecule has 0 bridgehead atoms. The number of aliphatic hydroxyl groups is 1. The minimum Gasteiger partial charge on any atom is -0.393 e. The standard InChI is InChI=1S/C22H27N5O2/c28-15-10-23-22-24-19-8-4-5-9-20(19)27(22)17-21(29)26-13-11-25(12-14-26)16-18-6-2-1-3-7-18/h1-9,28H,10-17H2,(H,23,24)/p+1. The summed E-state index contributed by atoms with van der Waals surface area (Å²) in [4.78, 5) is 20.6. The lowest BCUT2D eigenvalue weighted by Gasteiger charge is -2.34. The average molecular weight is 394 g/mol. The van der Waals surface area contributed by atoms with Crippen LogP contribution in [0, 0.1) is 0 Å². The predicted molar refractivity (Wildman–Crippen MR) is 112 cm³/mol. The highest BCUT2D eigenvalue weighted by Crippen LogP contribution is 2.13. The summed E-state index contributed by atoms with van der Waals surface area (Å²) in [5.74, 6) is 0.863. The van der Waals surface area contributed by atoms with Crippen LogP contribution >= 0.6 is 0 Å². The van der Waals surface area contributed by atoms with Gasteiger partial charge in [-0.05, 0) is 17.7 Å². The number of rotatable bonds is 7. The number of nitrogens with one attached hydrogen (secondary N) is 2. The van der Waals surface area contributed by atoms with Crippen molar-refractivity contribution >= 4 is 22.9 Å². The fraction of sp³-hybridized carbons (Fsp3) is 0.364. The molecule has 3 N–H and O–H groups in total. The van der Waals surface area contributed by atoms with Gasteiger partial charge in [-0.3, -0.25) is 15.0 Å². The van der Waals surface area contributed by atoms with Crippen molar-refractivity contribution in [1.82, 2.24) is 14.8 Å². The van der Waals surface area contributed by atoms with Crippen molar-refractivity contribution in [1.29, 1.82) is 0 Å². The first kappa shape index (κ1) is 19.4. The number of carbonyl (C=O) groups is 1. The number of benzene rings is 2. The van der Waals surface area contributed by atoms with Gasteiger partial charge in [0.2, 0.25) is 0 Å². The van der Waals surface area contributed by atoms with Gasteiger partial charge in [-0.15, -0.1) is 0 Å². The molecule has 1 fully saturated rings. The van der Waals surface area contributed by atoms with E-state index in [9.17, 15) is 4.79 Å². The van der Waals surface area contributed by atoms with Crippen LogP contribution in [0.15, 0.2) is 54.6 Å². The second-order valence-electron chi connectivity index (χ2n) is 7.37. The highest BCUT2D eigenvalue weighted by atomic mass is 16.3. The predicted octanol–water partition coefficient (Wildman–Crippen LogP) is 1.20. The Kier molecular flexibility index (Phi) is 6.07. The second-order valence-corrected chi connectivity index (χ2v) is 7.37. The Balaban J connectivity index is 1.40. The Morgan fingerprint density at radius 3 is 2.52 bits per heavy atom. The number of carbonyl (C=O) groups excluding carboxylic acids is 1. The first-order chi connectivity index (χ1) is 14.2. The average Bonchev–Trinajstić information content (AvgIpc) is 3.11. The largest absolute Gasteiger partial charge is 0.393 e. The van der Waals surface area contributed by atoms with Gasteiger partial charge in [-0.2, -0.15) is 0 Å². The molecule has 7 heteroatoms. The minimum absolute atomic E-state index is 0.0344. The van der Waals surface area contributed by atoms with Crippen LogP contribution in [-0.4, -0.2) is 65.1 Å². The Morgan fingerprint density at radius 2 is 1.76 bits per heavy atom. The molecule has 2 aromatic carbocycles. The van der Waals surface area contributed by atoms with Crippen LogP contribution in [0.2, 0.25) is 0 Å². The normalized spacial score (nSPS) is 15.0. The first-order valence-electron chi connectivity index (χ1n) is 10.1. The SMILES string of the molecule is O=C(C[n+]1c(NCCO)[nH]c2ccccc21)N1CCN(Cc2ccccc2)CC1. The molecule has 0 radical (unpaired) electrons. The van der Waals surface area contributed by atoms with Gasteiger partial charge in [-0.1, -0.05) is 42.5 Å². The molecule has 4 rings (SSSR count). The molecule has 3 aromatic rings. The quantitative estimate of drug-likeness (QED) is 0.527. The smallest absolute Gasteiger partial charge is 0.356 e. The van der Waals surface area contributed by atoms with Gasteiger partial charge in [0.25, 0.3) is 5.91 Å². The number of anilines is 1. The maximum atomic E-state index is 13.0. The Morgan fingerprint density at radius 1 is 1.03 bits per heavy atom. The van der Waals surface area contributed by atoms with Crippen molar-refractivity contribution in [3.05, 3.63) is 60.2 Å². The molecule has 0 atom stereocenters. The fourth-order valence-electron chi connectivity index (χ4n) is 3.84. The number of piperazine rings is 1. The van der Waals surface area contributed by atoms with Gasteiger partial charge in [0, 0.05) is 32.7 Å². The summed E-state index contributed by atoms with van der Waals surface area (Å²) < 4.78 is 1.96. The number of nitrogens with zero attached hydrogens (tertiary/aromatic N) is 3. The molecule has 1 aromatic heterocycles. The number of hydrogen-bond donors (Lipinski definition) is 3. The van der Waals surface area contributed by atoms with Gasteiger partial charge < -0.3 is 10.0 Å². The molecule has 0 spiro atoms. The maximum Gasteiger partial charge on any atom is 0.356 e. The van der Waals surface area contributed by atoms with Crippen molar-refractivity contribution in [2.45, 2.75) is 13.1 Å². The molecule has 0 aliphatic carbocycles. The first-order valence-corrected chi connectivity index (χ1v) is 10.1. The zero-order chi connectivity index (χ0) is 20.1. The van der Waals surface area contributed by atoms with Gasteiger partial charge in [0.1, 0.15) is 11.0 Å². The number of aromatic amines is 1. The Bertz CT molecular complexity index is 948. The number of fused-ring (bicyclic) bond motifs is 1. The van der Waals surface area contributed by atoms with E-state index in [1.54, 1.807) is 0 Å². The van der Waals surface area contributed by atoms with E-state index >= 15 is 0 Å². The van der Waals surface area contributed by atoms with Crippen molar-refractivity contribution in [2.24, 2.45) is 0 Å². The van der Waals surface area contributed by atoms with Crippen molar-refractivity contribution in [3.8, 4) is 0 Å². The number of H-pyrrole nitrogens is 1. The van der Waals surface area contributed by atoms with E-state index in [0.29, 0.717) is 6.54 Å². The van der Waals surface area contributed by atoms with Crippen LogP contribution in [-0.2, 0) is 17.9 Å². The van der Waals surface area contributed by atoms with Crippen LogP contribution in [0.1, 0.15) is 5.56 Å². The molecule has 1 saturated heterocycles. The Labute approximate surface area is 170 Å². The maximum absolute atomic E-state index is 13.0. The van der Waals surface area contributed by atoms with Crippen LogP contribution < -0.4 is 9.88 Å². The van der Waals surface area contributed by atoms with Crippen molar-refractivity contribution in [2.75, 3.05) is 44.6 Å². The lowest BCUT2D eigenvalue weighted by atomic mass is 10.2. The van der Waals surface area contributed by atoms with E-state index in [4.69, 9.17) is 5.11 Å². The van der Waals surface area contributed by atoms with E-state index in [-0.39, 0.29) is 19.1 Å². The summed E-state index contributed by atoms with van der Waals surface area (Å²) in [7, 11) is 0. The lowest BCUT2D eigenvalue weighted by molar-refractivity contribution is -0.644. The number of para-hydroxylation sites is 2. The lowest BCUT2D eigenvalue weighted by Crippen LogP contribution is -2.52. The second kappa shape index (κ2) is 9.07. The third kappa shape index (κ3) is 4.58.